The fraction of sp³-hybridized carbons (Fsp3) is 0.348. The van der Waals surface area contributed by atoms with Crippen LogP contribution in [0, 0.1) is 0 Å². The minimum atomic E-state index is -3.09. The zero-order valence-corrected chi connectivity index (χ0v) is 18.5. The number of benzene rings is 2. The number of ether oxygens (including phenoxy) is 1. The molecule has 6 nitrogen and oxygen atoms in total. The molecular formula is C23H29O6P. The first-order valence-corrected chi connectivity index (χ1v) is 11.7. The summed E-state index contributed by atoms with van der Waals surface area (Å²) in [7, 11) is -3.09. The fourth-order valence-corrected chi connectivity index (χ4v) is 4.35. The van der Waals surface area contributed by atoms with Crippen LogP contribution in [0.15, 0.2) is 60.7 Å². The van der Waals surface area contributed by atoms with Crippen molar-refractivity contribution in [3.05, 3.63) is 66.2 Å². The number of para-hydroxylation sites is 1. The van der Waals surface area contributed by atoms with Crippen LogP contribution in [0.5, 0.6) is 5.75 Å². The molecule has 1 unspecified atom stereocenters. The van der Waals surface area contributed by atoms with Gasteiger partial charge in [0, 0.05) is 5.56 Å². The van der Waals surface area contributed by atoms with Crippen molar-refractivity contribution in [2.24, 2.45) is 0 Å². The van der Waals surface area contributed by atoms with E-state index in [1.165, 1.54) is 0 Å². The van der Waals surface area contributed by atoms with Crippen LogP contribution >= 0.6 is 7.60 Å². The van der Waals surface area contributed by atoms with Crippen LogP contribution in [0.2, 0.25) is 0 Å². The number of aliphatic carboxylic acids is 1. The van der Waals surface area contributed by atoms with Crippen LogP contribution in [-0.2, 0) is 18.4 Å². The minimum Gasteiger partial charge on any atom is -0.489 e. The number of carbonyl (C=O) groups is 1. The zero-order chi connectivity index (χ0) is 22.0. The van der Waals surface area contributed by atoms with E-state index in [0.717, 1.165) is 16.7 Å². The van der Waals surface area contributed by atoms with E-state index in [2.05, 4.69) is 0 Å². The quantitative estimate of drug-likeness (QED) is 0.340. The average molecular weight is 432 g/mol. The van der Waals surface area contributed by atoms with Crippen LogP contribution < -0.4 is 4.74 Å². The lowest BCUT2D eigenvalue weighted by atomic mass is 9.97. The molecule has 0 aliphatic rings. The summed E-state index contributed by atoms with van der Waals surface area (Å²) in [6, 6.07) is 15.1. The van der Waals surface area contributed by atoms with E-state index in [1.54, 1.807) is 32.9 Å². The molecular weight excluding hydrogens is 403 g/mol. The highest BCUT2D eigenvalue weighted by Crippen LogP contribution is 2.47. The SMILES string of the molecule is CCOP(=O)(C/C=C/COc1ccccc1-c1ccc(C(C)C(=O)O)cc1)OCC. The first kappa shape index (κ1) is 23.9. The predicted molar refractivity (Wildman–Crippen MR) is 118 cm³/mol. The van der Waals surface area contributed by atoms with Gasteiger partial charge in [-0.3, -0.25) is 9.36 Å². The Morgan fingerprint density at radius 1 is 1.03 bits per heavy atom. The first-order valence-electron chi connectivity index (χ1n) is 9.98. The van der Waals surface area contributed by atoms with E-state index < -0.39 is 19.5 Å². The van der Waals surface area contributed by atoms with Crippen LogP contribution in [0.1, 0.15) is 32.3 Å². The number of carboxylic acid groups (broad SMARTS) is 1. The third-order valence-corrected chi connectivity index (χ3v) is 6.42. The molecule has 0 aliphatic carbocycles. The van der Waals surface area contributed by atoms with Gasteiger partial charge in [-0.25, -0.2) is 0 Å². The lowest BCUT2D eigenvalue weighted by Crippen LogP contribution is -2.07. The summed E-state index contributed by atoms with van der Waals surface area (Å²) < 4.78 is 28.8. The second-order valence-electron chi connectivity index (χ2n) is 6.59. The summed E-state index contributed by atoms with van der Waals surface area (Å²) in [6.45, 7) is 6.20. The van der Waals surface area contributed by atoms with Gasteiger partial charge in [-0.2, -0.15) is 0 Å². The van der Waals surface area contributed by atoms with Crippen molar-refractivity contribution in [2.45, 2.75) is 26.7 Å². The molecule has 0 saturated carbocycles. The molecule has 1 N–H and O–H groups in total. The molecule has 2 aromatic carbocycles. The second-order valence-corrected chi connectivity index (χ2v) is 8.69. The number of allylic oxidation sites excluding steroid dienone is 1. The Morgan fingerprint density at radius 3 is 2.27 bits per heavy atom. The van der Waals surface area contributed by atoms with E-state index >= 15 is 0 Å². The van der Waals surface area contributed by atoms with Gasteiger partial charge in [0.05, 0.1) is 25.3 Å². The molecule has 0 aliphatic heterocycles. The molecule has 7 heteroatoms. The second kappa shape index (κ2) is 11.7. The maximum atomic E-state index is 12.4. The van der Waals surface area contributed by atoms with Crippen LogP contribution in [-0.4, -0.2) is 37.1 Å². The van der Waals surface area contributed by atoms with E-state index in [4.69, 9.17) is 18.9 Å². The third-order valence-electron chi connectivity index (χ3n) is 4.46. The molecule has 1 atom stereocenters. The van der Waals surface area contributed by atoms with Crippen molar-refractivity contribution in [1.82, 2.24) is 0 Å². The Labute approximate surface area is 178 Å². The summed E-state index contributed by atoms with van der Waals surface area (Å²) in [5.74, 6) is -0.699. The van der Waals surface area contributed by atoms with Crippen molar-refractivity contribution in [1.29, 1.82) is 0 Å². The largest absolute Gasteiger partial charge is 0.489 e. The molecule has 0 aromatic heterocycles. The smallest absolute Gasteiger partial charge is 0.334 e. The van der Waals surface area contributed by atoms with Crippen LogP contribution in [0.4, 0.5) is 0 Å². The lowest BCUT2D eigenvalue weighted by molar-refractivity contribution is -0.138. The van der Waals surface area contributed by atoms with E-state index in [9.17, 15) is 9.36 Å². The van der Waals surface area contributed by atoms with Gasteiger partial charge in [0.2, 0.25) is 0 Å². The van der Waals surface area contributed by atoms with Crippen molar-refractivity contribution >= 4 is 13.6 Å². The average Bonchev–Trinajstić information content (AvgIpc) is 2.73. The maximum absolute atomic E-state index is 12.4. The summed E-state index contributed by atoms with van der Waals surface area (Å²) >= 11 is 0. The Morgan fingerprint density at radius 2 is 1.67 bits per heavy atom. The van der Waals surface area contributed by atoms with Crippen molar-refractivity contribution < 1.29 is 28.3 Å². The molecule has 0 radical (unpaired) electrons. The molecule has 0 heterocycles. The standard InChI is InChI=1S/C23H29O6P/c1-4-28-30(26,29-5-2)17-9-8-16-27-22-11-7-6-10-21(22)20-14-12-19(13-15-20)18(3)23(24)25/h6-15,18H,4-5,16-17H2,1-3H3,(H,24,25)/b9-8+. The highest BCUT2D eigenvalue weighted by Gasteiger charge is 2.21. The summed E-state index contributed by atoms with van der Waals surface area (Å²) in [4.78, 5) is 11.2. The van der Waals surface area contributed by atoms with Gasteiger partial charge in [-0.15, -0.1) is 0 Å². The molecule has 30 heavy (non-hydrogen) atoms. The van der Waals surface area contributed by atoms with Gasteiger partial charge >= 0.3 is 13.6 Å². The maximum Gasteiger partial charge on any atom is 0.334 e. The Bertz CT molecular complexity index is 881. The highest BCUT2D eigenvalue weighted by molar-refractivity contribution is 7.54. The van der Waals surface area contributed by atoms with Crippen LogP contribution in [0.3, 0.4) is 0 Å². The monoisotopic (exact) mass is 432 g/mol. The molecule has 0 fully saturated rings. The normalized spacial score (nSPS) is 12.8. The van der Waals surface area contributed by atoms with E-state index in [-0.39, 0.29) is 6.16 Å². The van der Waals surface area contributed by atoms with Crippen molar-refractivity contribution in [3.8, 4) is 16.9 Å². The summed E-state index contributed by atoms with van der Waals surface area (Å²) in [5.41, 5.74) is 2.60. The predicted octanol–water partition coefficient (Wildman–Crippen LogP) is 5.74. The molecule has 2 rings (SSSR count). The van der Waals surface area contributed by atoms with Crippen molar-refractivity contribution in [2.75, 3.05) is 26.0 Å². The topological polar surface area (TPSA) is 82.1 Å². The van der Waals surface area contributed by atoms with Gasteiger partial charge in [-0.1, -0.05) is 54.6 Å². The third kappa shape index (κ3) is 6.84. The summed E-state index contributed by atoms with van der Waals surface area (Å²) in [5, 5.41) is 9.16. The molecule has 0 saturated heterocycles. The molecule has 162 valence electrons. The number of carboxylic acids is 1. The van der Waals surface area contributed by atoms with E-state index in [1.807, 2.05) is 48.5 Å². The van der Waals surface area contributed by atoms with Gasteiger partial charge < -0.3 is 18.9 Å². The minimum absolute atomic E-state index is 0.197. The highest BCUT2D eigenvalue weighted by atomic mass is 31.2. The number of rotatable bonds is 12. The Balaban J connectivity index is 2.04. The van der Waals surface area contributed by atoms with Gasteiger partial charge in [0.15, 0.2) is 0 Å². The molecule has 0 spiro atoms. The lowest BCUT2D eigenvalue weighted by Gasteiger charge is -2.15. The van der Waals surface area contributed by atoms with Crippen molar-refractivity contribution in [3.63, 3.8) is 0 Å². The van der Waals surface area contributed by atoms with Gasteiger partial charge in [-0.05, 0) is 38.0 Å². The number of hydrogen-bond donors (Lipinski definition) is 1. The Kier molecular flexibility index (Phi) is 9.31. The number of hydrogen-bond acceptors (Lipinski definition) is 5. The van der Waals surface area contributed by atoms with Gasteiger partial charge in [0.1, 0.15) is 12.4 Å². The molecule has 2 aromatic rings. The van der Waals surface area contributed by atoms with E-state index in [0.29, 0.717) is 25.6 Å². The first-order chi connectivity index (χ1) is 14.4. The molecule has 0 bridgehead atoms. The summed E-state index contributed by atoms with van der Waals surface area (Å²) in [6.07, 6.45) is 3.73. The fourth-order valence-electron chi connectivity index (χ4n) is 2.87. The molecule has 0 amide bonds. The zero-order valence-electron chi connectivity index (χ0n) is 17.6. The van der Waals surface area contributed by atoms with Gasteiger partial charge in [0.25, 0.3) is 0 Å². The van der Waals surface area contributed by atoms with Crippen LogP contribution in [0.25, 0.3) is 11.1 Å². The Hall–Kier alpha value is -2.40.